The van der Waals surface area contributed by atoms with Gasteiger partial charge in [-0.2, -0.15) is 0 Å². The van der Waals surface area contributed by atoms with Crippen molar-refractivity contribution in [3.8, 4) is 0 Å². The van der Waals surface area contributed by atoms with Crippen LogP contribution in [-0.2, 0) is 11.2 Å². The first-order chi connectivity index (χ1) is 12.2. The molecule has 3 rings (SSSR count). The van der Waals surface area contributed by atoms with Crippen molar-refractivity contribution in [2.24, 2.45) is 5.92 Å². The van der Waals surface area contributed by atoms with Gasteiger partial charge in [0, 0.05) is 37.4 Å². The summed E-state index contributed by atoms with van der Waals surface area (Å²) in [6, 6.07) is 9.66. The number of rotatable bonds is 8. The molecule has 0 radical (unpaired) electrons. The number of urea groups is 1. The van der Waals surface area contributed by atoms with Crippen LogP contribution < -0.4 is 16.0 Å². The molecule has 0 unspecified atom stereocenters. The van der Waals surface area contributed by atoms with Crippen molar-refractivity contribution in [3.63, 3.8) is 0 Å². The Morgan fingerprint density at radius 1 is 1.04 bits per heavy atom. The van der Waals surface area contributed by atoms with Crippen molar-refractivity contribution >= 4 is 22.9 Å². The van der Waals surface area contributed by atoms with E-state index in [9.17, 15) is 9.59 Å². The van der Waals surface area contributed by atoms with Crippen LogP contribution in [0.1, 0.15) is 31.4 Å². The van der Waals surface area contributed by atoms with Gasteiger partial charge >= 0.3 is 6.03 Å². The number of fused-ring (bicyclic) bond motifs is 1. The van der Waals surface area contributed by atoms with Crippen LogP contribution in [0.5, 0.6) is 0 Å². The monoisotopic (exact) mass is 343 g/mol. The zero-order valence-electron chi connectivity index (χ0n) is 14.3. The molecule has 1 heterocycles. The second kappa shape index (κ2) is 8.55. The molecule has 0 spiro atoms. The summed E-state index contributed by atoms with van der Waals surface area (Å²) in [6.45, 7) is 1.67. The lowest BCUT2D eigenvalue weighted by molar-refractivity contribution is -0.127. The predicted molar refractivity (Wildman–Crippen MR) is 96.3 cm³/mol. The molecule has 1 aromatic carbocycles. The number of furan rings is 1. The summed E-state index contributed by atoms with van der Waals surface area (Å²) in [7, 11) is 0. The molecule has 25 heavy (non-hydrogen) atoms. The summed E-state index contributed by atoms with van der Waals surface area (Å²) in [5, 5.41) is 9.60. The van der Waals surface area contributed by atoms with E-state index in [0.29, 0.717) is 26.1 Å². The molecule has 0 saturated heterocycles. The molecule has 1 aromatic heterocycles. The van der Waals surface area contributed by atoms with Crippen molar-refractivity contribution in [1.29, 1.82) is 0 Å². The molecule has 1 aliphatic carbocycles. The zero-order valence-corrected chi connectivity index (χ0v) is 14.3. The normalized spacial score (nSPS) is 14.1. The van der Waals surface area contributed by atoms with E-state index >= 15 is 0 Å². The fraction of sp³-hybridized carbons (Fsp3) is 0.474. The van der Waals surface area contributed by atoms with Crippen LogP contribution in [-0.4, -0.2) is 31.6 Å². The molecule has 2 aromatic rings. The topological polar surface area (TPSA) is 83.4 Å². The molecule has 0 bridgehead atoms. The summed E-state index contributed by atoms with van der Waals surface area (Å²) >= 11 is 0. The molecule has 134 valence electrons. The Morgan fingerprint density at radius 3 is 2.56 bits per heavy atom. The molecule has 1 saturated carbocycles. The molecule has 1 aliphatic rings. The Labute approximate surface area is 147 Å². The zero-order chi connectivity index (χ0) is 17.5. The van der Waals surface area contributed by atoms with Crippen molar-refractivity contribution in [2.75, 3.05) is 19.6 Å². The van der Waals surface area contributed by atoms with Crippen molar-refractivity contribution in [2.45, 2.75) is 32.1 Å². The third-order valence-electron chi connectivity index (χ3n) is 4.55. The molecular weight excluding hydrogens is 318 g/mol. The molecular formula is C19H25N3O3. The maximum absolute atomic E-state index is 11.7. The average molecular weight is 343 g/mol. The summed E-state index contributed by atoms with van der Waals surface area (Å²) in [4.78, 5) is 23.4. The fourth-order valence-corrected chi connectivity index (χ4v) is 2.84. The summed E-state index contributed by atoms with van der Waals surface area (Å²) in [6.07, 6.45) is 4.57. The third kappa shape index (κ3) is 4.98. The number of hydrogen-bond donors (Lipinski definition) is 3. The lowest BCUT2D eigenvalue weighted by Crippen LogP contribution is -2.39. The van der Waals surface area contributed by atoms with Crippen LogP contribution in [0.2, 0.25) is 0 Å². The number of amides is 3. The molecule has 6 heteroatoms. The van der Waals surface area contributed by atoms with Crippen LogP contribution in [0.15, 0.2) is 34.7 Å². The van der Waals surface area contributed by atoms with E-state index in [0.717, 1.165) is 42.4 Å². The van der Waals surface area contributed by atoms with Gasteiger partial charge in [0.1, 0.15) is 11.3 Å². The number of hydrogen-bond acceptors (Lipinski definition) is 3. The number of nitrogens with one attached hydrogen (secondary N) is 3. The van der Waals surface area contributed by atoms with Gasteiger partial charge in [0.05, 0.1) is 0 Å². The van der Waals surface area contributed by atoms with Gasteiger partial charge in [-0.15, -0.1) is 0 Å². The van der Waals surface area contributed by atoms with Gasteiger partial charge in [-0.1, -0.05) is 24.6 Å². The van der Waals surface area contributed by atoms with E-state index < -0.39 is 0 Å². The van der Waals surface area contributed by atoms with Gasteiger partial charge in [0.25, 0.3) is 0 Å². The number of benzene rings is 1. The maximum atomic E-state index is 11.7. The van der Waals surface area contributed by atoms with Gasteiger partial charge < -0.3 is 20.4 Å². The van der Waals surface area contributed by atoms with Crippen molar-refractivity contribution in [3.05, 3.63) is 36.1 Å². The van der Waals surface area contributed by atoms with E-state index in [1.54, 1.807) is 0 Å². The third-order valence-corrected chi connectivity index (χ3v) is 4.55. The van der Waals surface area contributed by atoms with Crippen molar-refractivity contribution < 1.29 is 14.0 Å². The van der Waals surface area contributed by atoms with Crippen LogP contribution in [0.4, 0.5) is 4.79 Å². The first-order valence-corrected chi connectivity index (χ1v) is 8.99. The van der Waals surface area contributed by atoms with Crippen LogP contribution in [0.25, 0.3) is 11.0 Å². The molecule has 3 amide bonds. The highest BCUT2D eigenvalue weighted by Gasteiger charge is 2.24. The van der Waals surface area contributed by atoms with E-state index in [1.165, 1.54) is 0 Å². The molecule has 0 aliphatic heterocycles. The Morgan fingerprint density at radius 2 is 1.80 bits per heavy atom. The predicted octanol–water partition coefficient (Wildman–Crippen LogP) is 2.58. The summed E-state index contributed by atoms with van der Waals surface area (Å²) < 4.78 is 5.71. The van der Waals surface area contributed by atoms with Gasteiger partial charge in [0.15, 0.2) is 0 Å². The smallest absolute Gasteiger partial charge is 0.314 e. The van der Waals surface area contributed by atoms with Crippen molar-refractivity contribution in [1.82, 2.24) is 16.0 Å². The van der Waals surface area contributed by atoms with E-state index in [2.05, 4.69) is 16.0 Å². The minimum atomic E-state index is -0.193. The molecule has 3 N–H and O–H groups in total. The van der Waals surface area contributed by atoms with E-state index in [4.69, 9.17) is 4.42 Å². The lowest BCUT2D eigenvalue weighted by atomic mass is 9.85. The Kier molecular flexibility index (Phi) is 5.93. The quantitative estimate of drug-likeness (QED) is 0.644. The summed E-state index contributed by atoms with van der Waals surface area (Å²) in [5.74, 6) is 1.23. The second-order valence-corrected chi connectivity index (χ2v) is 6.46. The van der Waals surface area contributed by atoms with Crippen LogP contribution in [0.3, 0.4) is 0 Å². The fourth-order valence-electron chi connectivity index (χ4n) is 2.84. The Hall–Kier alpha value is -2.50. The summed E-state index contributed by atoms with van der Waals surface area (Å²) in [5.41, 5.74) is 0.867. The highest BCUT2D eigenvalue weighted by atomic mass is 16.3. The first kappa shape index (κ1) is 17.3. The molecule has 0 atom stereocenters. The number of para-hydroxylation sites is 1. The standard InChI is InChI=1S/C19H25N3O3/c23-18(14-6-3-7-14)20-10-4-11-21-19(24)22-12-9-16-13-15-5-1-2-8-17(15)25-16/h1-2,5,8,13-14H,3-4,6-7,9-12H2,(H,20,23)(H2,21,22,24). The largest absolute Gasteiger partial charge is 0.461 e. The van der Waals surface area contributed by atoms with Gasteiger partial charge in [0.2, 0.25) is 5.91 Å². The van der Waals surface area contributed by atoms with E-state index in [1.807, 2.05) is 30.3 Å². The highest BCUT2D eigenvalue weighted by molar-refractivity contribution is 5.79. The highest BCUT2D eigenvalue weighted by Crippen LogP contribution is 2.26. The second-order valence-electron chi connectivity index (χ2n) is 6.46. The first-order valence-electron chi connectivity index (χ1n) is 8.99. The maximum Gasteiger partial charge on any atom is 0.314 e. The minimum Gasteiger partial charge on any atom is -0.461 e. The Balaban J connectivity index is 1.24. The minimum absolute atomic E-state index is 0.154. The van der Waals surface area contributed by atoms with Gasteiger partial charge in [-0.05, 0) is 31.4 Å². The van der Waals surface area contributed by atoms with Gasteiger partial charge in [-0.25, -0.2) is 4.79 Å². The average Bonchev–Trinajstić information content (AvgIpc) is 2.95. The van der Waals surface area contributed by atoms with Crippen LogP contribution in [0, 0.1) is 5.92 Å². The number of carbonyl (C=O) groups is 2. The number of carbonyl (C=O) groups excluding carboxylic acids is 2. The SMILES string of the molecule is O=C(NCCCNC(=O)C1CCC1)NCCc1cc2ccccc2o1. The van der Waals surface area contributed by atoms with E-state index in [-0.39, 0.29) is 17.9 Å². The molecule has 1 fully saturated rings. The lowest BCUT2D eigenvalue weighted by Gasteiger charge is -2.23. The van der Waals surface area contributed by atoms with Gasteiger partial charge in [-0.3, -0.25) is 4.79 Å². The van der Waals surface area contributed by atoms with Crippen LogP contribution >= 0.6 is 0 Å². The Bertz CT molecular complexity index is 689. The molecule has 6 nitrogen and oxygen atoms in total.